The van der Waals surface area contributed by atoms with E-state index in [0.717, 1.165) is 78.0 Å². The summed E-state index contributed by atoms with van der Waals surface area (Å²) in [5.74, 6) is 0. The molecule has 3 nitrogen and oxygen atoms in total. The van der Waals surface area contributed by atoms with Crippen molar-refractivity contribution in [3.8, 4) is 22.3 Å². The highest BCUT2D eigenvalue weighted by molar-refractivity contribution is 6.20. The molecule has 0 saturated heterocycles. The smallest absolute Gasteiger partial charge is 0.143 e. The van der Waals surface area contributed by atoms with Gasteiger partial charge in [0.1, 0.15) is 11.2 Å². The molecule has 1 heterocycles. The van der Waals surface area contributed by atoms with Crippen molar-refractivity contribution in [3.05, 3.63) is 218 Å². The summed E-state index contributed by atoms with van der Waals surface area (Å²) in [6.07, 6.45) is 0. The van der Waals surface area contributed by atoms with Gasteiger partial charge < -0.3 is 14.2 Å². The second kappa shape index (κ2) is 13.9. The largest absolute Gasteiger partial charge is 0.455 e. The second-order valence-corrected chi connectivity index (χ2v) is 13.7. The SMILES string of the molecule is c1ccc(-c2ccc(N(c3ccccc3)c3cc(N(c4ccccc4)c4ccccc4-c4ccccc4)c4c(c3)oc3c5ccccc5ccc34)cc2)cc1. The molecule has 0 amide bonds. The van der Waals surface area contributed by atoms with Crippen molar-refractivity contribution in [2.45, 2.75) is 0 Å². The zero-order valence-electron chi connectivity index (χ0n) is 30.1. The number of hydrogen-bond acceptors (Lipinski definition) is 3. The van der Waals surface area contributed by atoms with Gasteiger partial charge in [-0.25, -0.2) is 0 Å². The molecule has 0 atom stereocenters. The Morgan fingerprint density at radius 1 is 0.327 bits per heavy atom. The summed E-state index contributed by atoms with van der Waals surface area (Å²) in [4.78, 5) is 4.73. The minimum absolute atomic E-state index is 0.818. The van der Waals surface area contributed by atoms with Crippen LogP contribution in [0.15, 0.2) is 223 Å². The molecule has 260 valence electrons. The predicted octanol–water partition coefficient (Wildman–Crippen LogP) is 15.0. The van der Waals surface area contributed by atoms with E-state index in [4.69, 9.17) is 4.42 Å². The summed E-state index contributed by atoms with van der Waals surface area (Å²) in [6.45, 7) is 0. The van der Waals surface area contributed by atoms with Gasteiger partial charge in [-0.2, -0.15) is 0 Å². The van der Waals surface area contributed by atoms with Crippen molar-refractivity contribution in [1.29, 1.82) is 0 Å². The van der Waals surface area contributed by atoms with Crippen LogP contribution in [0.2, 0.25) is 0 Å². The van der Waals surface area contributed by atoms with Gasteiger partial charge in [-0.1, -0.05) is 158 Å². The third-order valence-corrected chi connectivity index (χ3v) is 10.4. The molecule has 10 rings (SSSR count). The molecule has 0 aliphatic carbocycles. The van der Waals surface area contributed by atoms with Gasteiger partial charge in [0.15, 0.2) is 0 Å². The Hall–Kier alpha value is -7.36. The lowest BCUT2D eigenvalue weighted by atomic mass is 10.00. The van der Waals surface area contributed by atoms with E-state index < -0.39 is 0 Å². The van der Waals surface area contributed by atoms with E-state index in [9.17, 15) is 0 Å². The lowest BCUT2D eigenvalue weighted by Crippen LogP contribution is -2.14. The number of hydrogen-bond donors (Lipinski definition) is 0. The topological polar surface area (TPSA) is 19.6 Å². The number of anilines is 6. The highest BCUT2D eigenvalue weighted by Gasteiger charge is 2.25. The molecule has 3 heteroatoms. The highest BCUT2D eigenvalue weighted by atomic mass is 16.3. The molecule has 0 N–H and O–H groups in total. The summed E-state index contributed by atoms with van der Waals surface area (Å²) in [5.41, 5.74) is 12.6. The third kappa shape index (κ3) is 5.89. The average molecular weight is 705 g/mol. The molecule has 0 unspecified atom stereocenters. The first-order chi connectivity index (χ1) is 27.3. The van der Waals surface area contributed by atoms with E-state index in [0.29, 0.717) is 0 Å². The molecule has 0 radical (unpaired) electrons. The van der Waals surface area contributed by atoms with E-state index in [2.05, 4.69) is 228 Å². The van der Waals surface area contributed by atoms with Gasteiger partial charge in [-0.05, 0) is 76.7 Å². The predicted molar refractivity (Wildman–Crippen MR) is 231 cm³/mol. The molecule has 9 aromatic carbocycles. The Morgan fingerprint density at radius 3 is 1.58 bits per heavy atom. The Bertz CT molecular complexity index is 2900. The molecule has 0 aliphatic rings. The average Bonchev–Trinajstić information content (AvgIpc) is 3.65. The Balaban J connectivity index is 1.28. The molecule has 1 aromatic heterocycles. The first kappa shape index (κ1) is 32.3. The number of rotatable bonds is 8. The molecule has 0 bridgehead atoms. The van der Waals surface area contributed by atoms with E-state index in [-0.39, 0.29) is 0 Å². The van der Waals surface area contributed by atoms with Gasteiger partial charge >= 0.3 is 0 Å². The van der Waals surface area contributed by atoms with E-state index in [1.165, 1.54) is 11.1 Å². The van der Waals surface area contributed by atoms with E-state index >= 15 is 0 Å². The fourth-order valence-electron chi connectivity index (χ4n) is 7.88. The fraction of sp³-hybridized carbons (Fsp3) is 0. The van der Waals surface area contributed by atoms with Crippen LogP contribution >= 0.6 is 0 Å². The Morgan fingerprint density at radius 2 is 0.873 bits per heavy atom. The molecule has 10 aromatic rings. The summed E-state index contributed by atoms with van der Waals surface area (Å²) < 4.78 is 7.03. The lowest BCUT2D eigenvalue weighted by molar-refractivity contribution is 0.673. The van der Waals surface area contributed by atoms with E-state index in [1.54, 1.807) is 0 Å². The second-order valence-electron chi connectivity index (χ2n) is 13.7. The van der Waals surface area contributed by atoms with Crippen LogP contribution in [-0.4, -0.2) is 0 Å². The first-order valence-electron chi connectivity index (χ1n) is 18.7. The summed E-state index contributed by atoms with van der Waals surface area (Å²) in [7, 11) is 0. The van der Waals surface area contributed by atoms with Crippen molar-refractivity contribution in [3.63, 3.8) is 0 Å². The maximum atomic E-state index is 7.03. The number of para-hydroxylation sites is 3. The number of fused-ring (bicyclic) bond motifs is 5. The summed E-state index contributed by atoms with van der Waals surface area (Å²) in [6, 6.07) is 77.4. The van der Waals surface area contributed by atoms with Crippen molar-refractivity contribution in [2.75, 3.05) is 9.80 Å². The maximum Gasteiger partial charge on any atom is 0.143 e. The van der Waals surface area contributed by atoms with Gasteiger partial charge in [-0.3, -0.25) is 0 Å². The summed E-state index contributed by atoms with van der Waals surface area (Å²) in [5, 5.41) is 4.38. The van der Waals surface area contributed by atoms with Crippen LogP contribution in [0, 0.1) is 0 Å². The van der Waals surface area contributed by atoms with Crippen LogP contribution in [-0.2, 0) is 0 Å². The minimum Gasteiger partial charge on any atom is -0.455 e. The highest BCUT2D eigenvalue weighted by Crippen LogP contribution is 2.50. The van der Waals surface area contributed by atoms with Crippen molar-refractivity contribution in [2.24, 2.45) is 0 Å². The molecule has 0 aliphatic heterocycles. The normalized spacial score (nSPS) is 11.3. The van der Waals surface area contributed by atoms with Gasteiger partial charge in [-0.15, -0.1) is 0 Å². The molecule has 55 heavy (non-hydrogen) atoms. The maximum absolute atomic E-state index is 7.03. The van der Waals surface area contributed by atoms with E-state index in [1.807, 2.05) is 0 Å². The van der Waals surface area contributed by atoms with Gasteiger partial charge in [0.25, 0.3) is 0 Å². The van der Waals surface area contributed by atoms with Crippen LogP contribution in [0.3, 0.4) is 0 Å². The zero-order chi connectivity index (χ0) is 36.6. The third-order valence-electron chi connectivity index (χ3n) is 10.4. The van der Waals surface area contributed by atoms with Crippen LogP contribution in [0.5, 0.6) is 0 Å². The molecule has 0 fully saturated rings. The standard InChI is InChI=1S/C52H36N2O/c1-5-17-37(18-6-1)38-29-32-43(33-30-38)53(41-22-9-3-10-23-41)44-35-49(51-47-34-31-40-21-13-14-27-46(40)52(47)55-50(51)36-44)54(42-24-11-4-12-25-42)48-28-16-15-26-45(48)39-19-7-2-8-20-39/h1-36H. The molecular formula is C52H36N2O. The molecule has 0 saturated carbocycles. The zero-order valence-corrected chi connectivity index (χ0v) is 30.1. The van der Waals surface area contributed by atoms with Gasteiger partial charge in [0, 0.05) is 39.5 Å². The van der Waals surface area contributed by atoms with Crippen molar-refractivity contribution in [1.82, 2.24) is 0 Å². The van der Waals surface area contributed by atoms with Crippen molar-refractivity contribution >= 4 is 66.8 Å². The summed E-state index contributed by atoms with van der Waals surface area (Å²) >= 11 is 0. The molecule has 0 spiro atoms. The number of furan rings is 1. The van der Waals surface area contributed by atoms with Crippen LogP contribution in [0.25, 0.3) is 55.0 Å². The Labute approximate surface area is 320 Å². The number of benzene rings is 9. The molecular weight excluding hydrogens is 669 g/mol. The quantitative estimate of drug-likeness (QED) is 0.157. The van der Waals surface area contributed by atoms with Gasteiger partial charge in [0.05, 0.1) is 22.4 Å². The minimum atomic E-state index is 0.818. The van der Waals surface area contributed by atoms with Crippen molar-refractivity contribution < 1.29 is 4.42 Å². The monoisotopic (exact) mass is 704 g/mol. The van der Waals surface area contributed by atoms with Gasteiger partial charge in [0.2, 0.25) is 0 Å². The fourth-order valence-corrected chi connectivity index (χ4v) is 7.88. The van der Waals surface area contributed by atoms with Crippen LogP contribution < -0.4 is 9.80 Å². The Kier molecular flexibility index (Phi) is 8.16. The first-order valence-corrected chi connectivity index (χ1v) is 18.7. The number of nitrogens with zero attached hydrogens (tertiary/aromatic N) is 2. The van der Waals surface area contributed by atoms with Crippen LogP contribution in [0.4, 0.5) is 34.1 Å². The van der Waals surface area contributed by atoms with Crippen LogP contribution in [0.1, 0.15) is 0 Å². The lowest BCUT2D eigenvalue weighted by Gasteiger charge is -2.31.